The number of aromatic nitrogens is 2. The van der Waals surface area contributed by atoms with Crippen LogP contribution in [-0.2, 0) is 32.5 Å². The molecule has 0 aliphatic heterocycles. The molecule has 3 aromatic rings. The van der Waals surface area contributed by atoms with Crippen molar-refractivity contribution >= 4 is 32.7 Å². The first-order valence-electron chi connectivity index (χ1n) is 13.0. The number of carbonyl (C=O) groups excluding carboxylic acids is 1. The molecule has 1 aliphatic rings. The number of carbonyl (C=O) groups is 1. The summed E-state index contributed by atoms with van der Waals surface area (Å²) in [6.45, 7) is 7.57. The van der Waals surface area contributed by atoms with Gasteiger partial charge in [-0.15, -0.1) is 0 Å². The van der Waals surface area contributed by atoms with Crippen molar-refractivity contribution in [1.82, 2.24) is 9.55 Å². The summed E-state index contributed by atoms with van der Waals surface area (Å²) in [6.07, 6.45) is 6.01. The maximum Gasteiger partial charge on any atom is 0.326 e. The number of fused-ring (bicyclic) bond motifs is 1. The highest BCUT2D eigenvalue weighted by Gasteiger charge is 2.33. The summed E-state index contributed by atoms with van der Waals surface area (Å²) < 4.78 is 50.1. The van der Waals surface area contributed by atoms with Crippen molar-refractivity contribution in [3.05, 3.63) is 54.1 Å². The van der Waals surface area contributed by atoms with Gasteiger partial charge in [0.25, 0.3) is 10.0 Å². The number of hydrogen-bond donors (Lipinski definition) is 0. The molecule has 0 saturated heterocycles. The number of sulfonamides is 1. The van der Waals surface area contributed by atoms with Crippen LogP contribution < -0.4 is 4.31 Å². The summed E-state index contributed by atoms with van der Waals surface area (Å²) in [6, 6.07) is 10.2. The molecule has 0 amide bonds. The average Bonchev–Trinajstić information content (AvgIpc) is 3.15. The van der Waals surface area contributed by atoms with Gasteiger partial charge in [-0.3, -0.25) is 9.10 Å². The number of aryl methyl sites for hydroxylation is 1. The van der Waals surface area contributed by atoms with Crippen molar-refractivity contribution in [2.75, 3.05) is 4.31 Å². The fraction of sp³-hybridized carbons (Fsp3) is 0.500. The van der Waals surface area contributed by atoms with E-state index in [1.807, 2.05) is 38.3 Å². The van der Waals surface area contributed by atoms with E-state index >= 15 is 0 Å². The molecule has 1 saturated carbocycles. The van der Waals surface area contributed by atoms with Gasteiger partial charge in [0.05, 0.1) is 21.6 Å². The minimum Gasteiger partial charge on any atom is -0.459 e. The third-order valence-corrected chi connectivity index (χ3v) is 8.42. The van der Waals surface area contributed by atoms with Gasteiger partial charge in [0.15, 0.2) is 0 Å². The van der Waals surface area contributed by atoms with E-state index in [2.05, 4.69) is 0 Å². The molecule has 1 aromatic heterocycles. The van der Waals surface area contributed by atoms with E-state index in [0.717, 1.165) is 49.9 Å². The molecule has 0 radical (unpaired) electrons. The second kappa shape index (κ2) is 10.8. The Balaban J connectivity index is 1.78. The number of esters is 1. The Hall–Kier alpha value is -2.94. The fourth-order valence-corrected chi connectivity index (χ4v) is 6.68. The number of ether oxygens (including phenoxy) is 1. The van der Waals surface area contributed by atoms with Crippen molar-refractivity contribution in [2.45, 2.75) is 95.7 Å². The summed E-state index contributed by atoms with van der Waals surface area (Å²) in [7, 11) is -3.93. The van der Waals surface area contributed by atoms with Crippen LogP contribution in [-0.4, -0.2) is 35.6 Å². The van der Waals surface area contributed by atoms with Crippen molar-refractivity contribution in [1.29, 1.82) is 0 Å². The molecule has 1 heterocycles. The van der Waals surface area contributed by atoms with E-state index in [0.29, 0.717) is 17.6 Å². The van der Waals surface area contributed by atoms with Crippen LogP contribution in [0.25, 0.3) is 11.0 Å². The molecule has 0 bridgehead atoms. The van der Waals surface area contributed by atoms with Crippen molar-refractivity contribution in [2.24, 2.45) is 0 Å². The monoisotopic (exact) mass is 529 g/mol. The Kier molecular flexibility index (Phi) is 7.92. The molecular formula is C28H36FN3O4S. The SMILES string of the molecule is CCCc1nc2cc(N(C3CCCCC3)S(=O)(=O)c3ccc(F)cc3)ccc2n1CC(=O)OC(C)(C)C. The molecule has 9 heteroatoms. The van der Waals surface area contributed by atoms with E-state index in [1.54, 1.807) is 12.1 Å². The summed E-state index contributed by atoms with van der Waals surface area (Å²) in [5.74, 6) is -0.0781. The highest BCUT2D eigenvalue weighted by atomic mass is 32.2. The normalized spacial score (nSPS) is 15.2. The predicted molar refractivity (Wildman–Crippen MR) is 143 cm³/mol. The molecule has 7 nitrogen and oxygen atoms in total. The largest absolute Gasteiger partial charge is 0.459 e. The Morgan fingerprint density at radius 2 is 1.78 bits per heavy atom. The van der Waals surface area contributed by atoms with Gasteiger partial charge in [0.2, 0.25) is 0 Å². The molecule has 0 unspecified atom stereocenters. The first kappa shape index (κ1) is 27.1. The van der Waals surface area contributed by atoms with Gasteiger partial charge in [0, 0.05) is 12.5 Å². The summed E-state index contributed by atoms with van der Waals surface area (Å²) in [5.41, 5.74) is 1.30. The Morgan fingerprint density at radius 1 is 1.11 bits per heavy atom. The molecule has 0 N–H and O–H groups in total. The number of anilines is 1. The topological polar surface area (TPSA) is 81.5 Å². The maximum atomic E-state index is 13.8. The van der Waals surface area contributed by atoms with Gasteiger partial charge in [-0.1, -0.05) is 26.2 Å². The number of benzene rings is 2. The lowest BCUT2D eigenvalue weighted by atomic mass is 9.95. The molecule has 4 rings (SSSR count). The van der Waals surface area contributed by atoms with Gasteiger partial charge >= 0.3 is 5.97 Å². The van der Waals surface area contributed by atoms with E-state index in [-0.39, 0.29) is 23.5 Å². The quantitative estimate of drug-likeness (QED) is 0.335. The highest BCUT2D eigenvalue weighted by Crippen LogP contribution is 2.34. The molecule has 1 aliphatic carbocycles. The van der Waals surface area contributed by atoms with Crippen LogP contribution in [0.15, 0.2) is 47.4 Å². The fourth-order valence-electron chi connectivity index (χ4n) is 4.98. The first-order chi connectivity index (χ1) is 17.5. The zero-order valence-corrected chi connectivity index (χ0v) is 22.9. The van der Waals surface area contributed by atoms with Crippen LogP contribution in [0.4, 0.5) is 10.1 Å². The maximum absolute atomic E-state index is 13.8. The van der Waals surface area contributed by atoms with Crippen molar-refractivity contribution in [3.8, 4) is 0 Å². The van der Waals surface area contributed by atoms with Gasteiger partial charge < -0.3 is 9.30 Å². The minimum atomic E-state index is -3.93. The lowest BCUT2D eigenvalue weighted by molar-refractivity contribution is -0.155. The average molecular weight is 530 g/mol. The second-order valence-corrected chi connectivity index (χ2v) is 12.5. The third-order valence-electron chi connectivity index (χ3n) is 6.52. The van der Waals surface area contributed by atoms with Gasteiger partial charge in [-0.2, -0.15) is 0 Å². The number of hydrogen-bond acceptors (Lipinski definition) is 5. The zero-order valence-electron chi connectivity index (χ0n) is 22.0. The van der Waals surface area contributed by atoms with E-state index in [4.69, 9.17) is 9.72 Å². The number of imidazole rings is 1. The van der Waals surface area contributed by atoms with Crippen LogP contribution in [0.2, 0.25) is 0 Å². The standard InChI is InChI=1S/C28H36FN3O4S/c1-5-9-26-30-24-18-22(14-17-25(24)31(26)19-27(33)36-28(2,3)4)32(21-10-7-6-8-11-21)37(34,35)23-15-12-20(29)13-16-23/h12-18,21H,5-11,19H2,1-4H3. The lowest BCUT2D eigenvalue weighted by Crippen LogP contribution is -2.41. The molecule has 200 valence electrons. The molecule has 2 aromatic carbocycles. The first-order valence-corrected chi connectivity index (χ1v) is 14.4. The zero-order chi connectivity index (χ0) is 26.8. The summed E-state index contributed by atoms with van der Waals surface area (Å²) >= 11 is 0. The molecule has 37 heavy (non-hydrogen) atoms. The molecular weight excluding hydrogens is 493 g/mol. The number of nitrogens with zero attached hydrogens (tertiary/aromatic N) is 3. The number of halogens is 1. The summed E-state index contributed by atoms with van der Waals surface area (Å²) in [4.78, 5) is 17.5. The van der Waals surface area contributed by atoms with Crippen LogP contribution in [0.3, 0.4) is 0 Å². The van der Waals surface area contributed by atoms with E-state index in [1.165, 1.54) is 28.6 Å². The van der Waals surface area contributed by atoms with Crippen LogP contribution in [0, 0.1) is 5.82 Å². The lowest BCUT2D eigenvalue weighted by Gasteiger charge is -2.35. The Bertz CT molecular complexity index is 1350. The Morgan fingerprint density at radius 3 is 2.41 bits per heavy atom. The number of rotatable bonds is 8. The minimum absolute atomic E-state index is 0.0304. The smallest absolute Gasteiger partial charge is 0.326 e. The molecule has 0 spiro atoms. The van der Waals surface area contributed by atoms with Crippen molar-refractivity contribution < 1.29 is 22.3 Å². The summed E-state index contributed by atoms with van der Waals surface area (Å²) in [5, 5.41) is 0. The van der Waals surface area contributed by atoms with Gasteiger partial charge in [0.1, 0.15) is 23.8 Å². The van der Waals surface area contributed by atoms with Crippen LogP contribution >= 0.6 is 0 Å². The third kappa shape index (κ3) is 6.14. The Labute approximate surface area is 218 Å². The van der Waals surface area contributed by atoms with E-state index < -0.39 is 21.4 Å². The van der Waals surface area contributed by atoms with Crippen LogP contribution in [0.5, 0.6) is 0 Å². The second-order valence-electron chi connectivity index (χ2n) is 10.7. The predicted octanol–water partition coefficient (Wildman–Crippen LogP) is 6.00. The van der Waals surface area contributed by atoms with E-state index in [9.17, 15) is 17.6 Å². The molecule has 0 atom stereocenters. The van der Waals surface area contributed by atoms with Crippen LogP contribution in [0.1, 0.15) is 72.0 Å². The van der Waals surface area contributed by atoms with Crippen molar-refractivity contribution in [3.63, 3.8) is 0 Å². The van der Waals surface area contributed by atoms with Gasteiger partial charge in [-0.25, -0.2) is 17.8 Å². The van der Waals surface area contributed by atoms with Gasteiger partial charge in [-0.05, 0) is 82.5 Å². The highest BCUT2D eigenvalue weighted by molar-refractivity contribution is 7.92. The molecule has 1 fully saturated rings.